The van der Waals surface area contributed by atoms with Crippen molar-refractivity contribution in [3.05, 3.63) is 35.5 Å². The maximum absolute atomic E-state index is 12.4. The summed E-state index contributed by atoms with van der Waals surface area (Å²) in [4.78, 5) is 24.8. The smallest absolute Gasteiger partial charge is 0.323 e. The van der Waals surface area contributed by atoms with E-state index in [1.165, 1.54) is 30.9 Å². The van der Waals surface area contributed by atoms with Crippen molar-refractivity contribution in [3.63, 3.8) is 0 Å². The summed E-state index contributed by atoms with van der Waals surface area (Å²) in [6, 6.07) is 0. The summed E-state index contributed by atoms with van der Waals surface area (Å²) < 4.78 is 9.91. The van der Waals surface area contributed by atoms with Crippen molar-refractivity contribution in [1.82, 2.24) is 0 Å². The Morgan fingerprint density at radius 3 is 2.55 bits per heavy atom. The lowest BCUT2D eigenvalue weighted by Gasteiger charge is -2.47. The molecule has 3 rings (SSSR count). The molecule has 2 atom stereocenters. The average molecular weight is 302 g/mol. The Morgan fingerprint density at radius 1 is 1.23 bits per heavy atom. The van der Waals surface area contributed by atoms with E-state index in [2.05, 4.69) is 18.7 Å². The molecule has 0 heterocycles. The second-order valence-electron chi connectivity index (χ2n) is 6.50. The van der Waals surface area contributed by atoms with Gasteiger partial charge in [0.1, 0.15) is 0 Å². The zero-order chi connectivity index (χ0) is 15.9. The van der Waals surface area contributed by atoms with Crippen molar-refractivity contribution in [2.75, 3.05) is 14.2 Å². The van der Waals surface area contributed by atoms with Crippen LogP contribution in [0.2, 0.25) is 0 Å². The zero-order valence-corrected chi connectivity index (χ0v) is 13.2. The minimum absolute atomic E-state index is 0.273. The molecule has 2 fully saturated rings. The molecule has 0 spiro atoms. The molecule has 0 aromatic heterocycles. The highest BCUT2D eigenvalue weighted by molar-refractivity contribution is 6.00. The number of carbonyl (C=O) groups excluding carboxylic acids is 2. The van der Waals surface area contributed by atoms with Crippen molar-refractivity contribution in [2.24, 2.45) is 17.3 Å². The minimum Gasteiger partial charge on any atom is -0.468 e. The van der Waals surface area contributed by atoms with Gasteiger partial charge >= 0.3 is 11.9 Å². The van der Waals surface area contributed by atoms with Crippen LogP contribution in [0.3, 0.4) is 0 Å². The second kappa shape index (κ2) is 5.41. The number of rotatable bonds is 2. The van der Waals surface area contributed by atoms with Crippen molar-refractivity contribution in [3.8, 4) is 0 Å². The van der Waals surface area contributed by atoms with Crippen molar-refractivity contribution < 1.29 is 19.1 Å². The predicted molar refractivity (Wildman–Crippen MR) is 81.8 cm³/mol. The van der Waals surface area contributed by atoms with Crippen LogP contribution in [0.25, 0.3) is 0 Å². The van der Waals surface area contributed by atoms with E-state index >= 15 is 0 Å². The molecule has 4 heteroatoms. The number of ether oxygens (including phenoxy) is 2. The standard InChI is InChI=1S/C18H22O4/c1-11-7-8-13-10-18(16(19)21-2,17(20)22-3)9-12-5-4-6-14(11)15(12)13/h5-6,13,15H,1,4,7-10H2,2-3H3/t13-,15-/m1/s1. The van der Waals surface area contributed by atoms with Crippen LogP contribution in [0.15, 0.2) is 35.5 Å². The Hall–Kier alpha value is -1.84. The van der Waals surface area contributed by atoms with Crippen molar-refractivity contribution >= 4 is 11.9 Å². The highest BCUT2D eigenvalue weighted by atomic mass is 16.5. The van der Waals surface area contributed by atoms with E-state index in [-0.39, 0.29) is 5.92 Å². The van der Waals surface area contributed by atoms with Crippen LogP contribution in [0.4, 0.5) is 0 Å². The molecule has 0 radical (unpaired) electrons. The molecule has 0 N–H and O–H groups in total. The number of esters is 2. The number of carbonyl (C=O) groups is 2. The van der Waals surface area contributed by atoms with E-state index in [9.17, 15) is 9.59 Å². The first kappa shape index (κ1) is 15.1. The SMILES string of the molecule is C=C1CC[C@@H]2CC(C(=O)OC)(C(=O)OC)CC3=CCC=C1[C@H]32. The van der Waals surface area contributed by atoms with E-state index in [0.717, 1.165) is 19.3 Å². The first-order chi connectivity index (χ1) is 10.5. The third-order valence-electron chi connectivity index (χ3n) is 5.42. The van der Waals surface area contributed by atoms with E-state index in [1.807, 2.05) is 0 Å². The highest BCUT2D eigenvalue weighted by Gasteiger charge is 2.56. The van der Waals surface area contributed by atoms with Gasteiger partial charge in [-0.25, -0.2) is 0 Å². The molecule has 0 aromatic carbocycles. The summed E-state index contributed by atoms with van der Waals surface area (Å²) in [6.45, 7) is 4.19. The van der Waals surface area contributed by atoms with Gasteiger partial charge in [0, 0.05) is 5.92 Å². The molecule has 0 amide bonds. The van der Waals surface area contributed by atoms with Gasteiger partial charge < -0.3 is 9.47 Å². The van der Waals surface area contributed by atoms with Crippen molar-refractivity contribution in [2.45, 2.75) is 32.1 Å². The second-order valence-corrected chi connectivity index (χ2v) is 6.50. The molecule has 118 valence electrons. The molecular weight excluding hydrogens is 280 g/mol. The van der Waals surface area contributed by atoms with Gasteiger partial charge in [-0.1, -0.05) is 29.9 Å². The Morgan fingerprint density at radius 2 is 1.91 bits per heavy atom. The minimum atomic E-state index is -1.18. The Bertz CT molecular complexity index is 580. The van der Waals surface area contributed by atoms with Gasteiger partial charge in [-0.05, 0) is 43.6 Å². The molecule has 2 saturated carbocycles. The number of hydrogen-bond donors (Lipinski definition) is 0. The fraction of sp³-hybridized carbons (Fsp3) is 0.556. The molecule has 0 bridgehead atoms. The molecule has 3 aliphatic carbocycles. The topological polar surface area (TPSA) is 52.6 Å². The third-order valence-corrected chi connectivity index (χ3v) is 5.42. The van der Waals surface area contributed by atoms with Crippen LogP contribution >= 0.6 is 0 Å². The number of hydrogen-bond acceptors (Lipinski definition) is 4. The van der Waals surface area contributed by atoms with Crippen LogP contribution in [-0.4, -0.2) is 26.2 Å². The van der Waals surface area contributed by atoms with Crippen LogP contribution in [0, 0.1) is 17.3 Å². The van der Waals surface area contributed by atoms with Gasteiger partial charge in [-0.15, -0.1) is 0 Å². The largest absolute Gasteiger partial charge is 0.468 e. The average Bonchev–Trinajstić information content (AvgIpc) is 2.56. The van der Waals surface area contributed by atoms with Gasteiger partial charge in [0.05, 0.1) is 14.2 Å². The summed E-state index contributed by atoms with van der Waals surface area (Å²) in [5, 5.41) is 0. The summed E-state index contributed by atoms with van der Waals surface area (Å²) >= 11 is 0. The van der Waals surface area contributed by atoms with Gasteiger partial charge in [-0.3, -0.25) is 9.59 Å². The fourth-order valence-electron chi connectivity index (χ4n) is 4.44. The van der Waals surface area contributed by atoms with Gasteiger partial charge in [-0.2, -0.15) is 0 Å². The quantitative estimate of drug-likeness (QED) is 0.447. The highest BCUT2D eigenvalue weighted by Crippen LogP contribution is 2.55. The molecule has 0 aromatic rings. The Labute approximate surface area is 130 Å². The van der Waals surface area contributed by atoms with E-state index in [0.29, 0.717) is 18.8 Å². The fourth-order valence-corrected chi connectivity index (χ4v) is 4.44. The van der Waals surface area contributed by atoms with Crippen LogP contribution in [0.1, 0.15) is 32.1 Å². The molecule has 0 unspecified atom stereocenters. The maximum atomic E-state index is 12.4. The molecular formula is C18H22O4. The molecule has 0 aliphatic heterocycles. The first-order valence-corrected chi connectivity index (χ1v) is 7.77. The van der Waals surface area contributed by atoms with E-state index in [4.69, 9.17) is 9.47 Å². The van der Waals surface area contributed by atoms with Crippen molar-refractivity contribution in [1.29, 1.82) is 0 Å². The first-order valence-electron chi connectivity index (χ1n) is 7.77. The summed E-state index contributed by atoms with van der Waals surface area (Å²) in [5.74, 6) is -0.355. The van der Waals surface area contributed by atoms with Crippen LogP contribution in [-0.2, 0) is 19.1 Å². The monoisotopic (exact) mass is 302 g/mol. The summed E-state index contributed by atoms with van der Waals surface area (Å²) in [6.07, 6.45) is 8.01. The maximum Gasteiger partial charge on any atom is 0.323 e. The molecule has 4 nitrogen and oxygen atoms in total. The van der Waals surface area contributed by atoms with Gasteiger partial charge in [0.15, 0.2) is 5.41 Å². The normalized spacial score (nSPS) is 28.9. The third kappa shape index (κ3) is 2.04. The summed E-state index contributed by atoms with van der Waals surface area (Å²) in [7, 11) is 2.67. The molecule has 0 saturated heterocycles. The summed E-state index contributed by atoms with van der Waals surface area (Å²) in [5.41, 5.74) is 2.51. The lowest BCUT2D eigenvalue weighted by molar-refractivity contribution is -0.172. The Kier molecular flexibility index (Phi) is 3.71. The molecule has 22 heavy (non-hydrogen) atoms. The molecule has 3 aliphatic rings. The van der Waals surface area contributed by atoms with Crippen LogP contribution in [0.5, 0.6) is 0 Å². The zero-order valence-electron chi connectivity index (χ0n) is 13.2. The van der Waals surface area contributed by atoms with Gasteiger partial charge in [0.2, 0.25) is 0 Å². The number of methoxy groups -OCH3 is 2. The number of allylic oxidation sites excluding steroid dienone is 5. The lowest BCUT2D eigenvalue weighted by Crippen LogP contribution is -2.49. The predicted octanol–water partition coefficient (Wildman–Crippen LogP) is 2.95. The lowest BCUT2D eigenvalue weighted by atomic mass is 9.56. The van der Waals surface area contributed by atoms with Crippen LogP contribution < -0.4 is 0 Å². The van der Waals surface area contributed by atoms with E-state index < -0.39 is 17.4 Å². The Balaban J connectivity index is 2.02. The van der Waals surface area contributed by atoms with Gasteiger partial charge in [0.25, 0.3) is 0 Å². The van der Waals surface area contributed by atoms with E-state index in [1.54, 1.807) is 0 Å².